The average molecular weight is 687 g/mol. The molecule has 0 radical (unpaired) electrons. The Hall–Kier alpha value is -0.340. The molecule has 0 bridgehead atoms. The van der Waals surface area contributed by atoms with E-state index in [1.807, 2.05) is 78.8 Å². The molecule has 0 fully saturated rings. The fourth-order valence-corrected chi connectivity index (χ4v) is 16.5. The number of hydrogen-bond donors (Lipinski definition) is 0. The summed E-state index contributed by atoms with van der Waals surface area (Å²) in [5.74, 6) is 0.527. The van der Waals surface area contributed by atoms with Gasteiger partial charge in [0.25, 0.3) is 0 Å². The normalized spacial score (nSPS) is 20.5. The third-order valence-electron chi connectivity index (χ3n) is 5.12. The van der Waals surface area contributed by atoms with Gasteiger partial charge in [-0.2, -0.15) is 0 Å². The minimum Gasteiger partial charge on any atom is -0.422 e. The van der Waals surface area contributed by atoms with Gasteiger partial charge in [-0.3, -0.25) is 4.52 Å². The van der Waals surface area contributed by atoms with Crippen molar-refractivity contribution < 1.29 is 36.2 Å². The lowest BCUT2D eigenvalue weighted by atomic mass is 10.3. The molecular formula is C27H54N4O8P4. The number of nitrogens with zero attached hydrogens (tertiary/aromatic N) is 4. The number of benzene rings is 1. The SMILES string of the molecule is CCCOP1(OCCC)=NP(OCCC)(OCCC)=NP(OCCC)(Oc2ccccc2)=NP(OCCC)(OCCC)=N1. The second kappa shape index (κ2) is 20.7. The van der Waals surface area contributed by atoms with Gasteiger partial charge in [0.05, 0.1) is 46.2 Å². The molecule has 1 aromatic rings. The summed E-state index contributed by atoms with van der Waals surface area (Å²) >= 11 is 0. The summed E-state index contributed by atoms with van der Waals surface area (Å²) in [5, 5.41) is 0. The summed E-state index contributed by atoms with van der Waals surface area (Å²) in [7, 11) is -14.2. The van der Waals surface area contributed by atoms with Crippen LogP contribution in [0.25, 0.3) is 0 Å². The van der Waals surface area contributed by atoms with E-state index in [0.717, 1.165) is 12.8 Å². The van der Waals surface area contributed by atoms with Crippen LogP contribution in [-0.2, 0) is 31.7 Å². The largest absolute Gasteiger partial charge is 0.422 e. The molecule has 1 atom stereocenters. The van der Waals surface area contributed by atoms with Gasteiger partial charge in [0.15, 0.2) is 0 Å². The first-order valence-electron chi connectivity index (χ1n) is 15.6. The van der Waals surface area contributed by atoms with E-state index in [1.54, 1.807) is 0 Å². The van der Waals surface area contributed by atoms with Gasteiger partial charge < -0.3 is 31.7 Å². The van der Waals surface area contributed by atoms with Crippen LogP contribution in [0, 0.1) is 0 Å². The molecule has 2 rings (SSSR count). The maximum absolute atomic E-state index is 6.64. The zero-order valence-electron chi connectivity index (χ0n) is 27.1. The molecule has 0 aromatic heterocycles. The molecule has 1 aromatic carbocycles. The molecule has 12 nitrogen and oxygen atoms in total. The first kappa shape index (κ1) is 38.8. The molecular weight excluding hydrogens is 632 g/mol. The van der Waals surface area contributed by atoms with E-state index in [9.17, 15) is 0 Å². The van der Waals surface area contributed by atoms with Crippen molar-refractivity contribution in [1.29, 1.82) is 0 Å². The van der Waals surface area contributed by atoms with E-state index in [0.29, 0.717) is 84.1 Å². The van der Waals surface area contributed by atoms with Gasteiger partial charge in [-0.25, -0.2) is 0 Å². The van der Waals surface area contributed by atoms with Gasteiger partial charge in [0.2, 0.25) is 0 Å². The summed E-state index contributed by atoms with van der Waals surface area (Å²) in [6, 6.07) is 9.34. The highest BCUT2D eigenvalue weighted by molar-refractivity contribution is 7.78. The fourth-order valence-electron chi connectivity index (χ4n) is 3.27. The van der Waals surface area contributed by atoms with Crippen molar-refractivity contribution >= 4 is 30.6 Å². The highest BCUT2D eigenvalue weighted by atomic mass is 31.3. The van der Waals surface area contributed by atoms with E-state index in [-0.39, 0.29) is 0 Å². The molecule has 1 heterocycles. The standard InChI is InChI=1S/C27H54N4O8P4/c1-8-20-32-40(33-21-9-2)28-41(34-22-10-3,35-23-11-4)30-43(38-26-14-7,39-27-18-16-15-17-19-27)31-42(29-40,36-24-12-5)37-25-13-6/h15-19H,8-14,20-26H2,1-7H3. The molecule has 0 amide bonds. The second-order valence-corrected chi connectivity index (χ2v) is 18.3. The Morgan fingerprint density at radius 3 is 0.953 bits per heavy atom. The van der Waals surface area contributed by atoms with Crippen molar-refractivity contribution in [3.63, 3.8) is 0 Å². The third-order valence-corrected chi connectivity index (χ3v) is 16.4. The first-order chi connectivity index (χ1) is 20.8. The molecule has 1 aliphatic rings. The topological polar surface area (TPSA) is 123 Å². The Morgan fingerprint density at radius 2 is 0.651 bits per heavy atom. The van der Waals surface area contributed by atoms with Crippen molar-refractivity contribution in [2.24, 2.45) is 18.1 Å². The molecule has 1 aliphatic heterocycles. The lowest BCUT2D eigenvalue weighted by molar-refractivity contribution is 0.222. The van der Waals surface area contributed by atoms with Crippen LogP contribution in [0.15, 0.2) is 48.4 Å². The maximum atomic E-state index is 6.64. The molecule has 0 N–H and O–H groups in total. The van der Waals surface area contributed by atoms with Crippen LogP contribution in [0.4, 0.5) is 0 Å². The Balaban J connectivity index is 3.17. The zero-order chi connectivity index (χ0) is 31.5. The van der Waals surface area contributed by atoms with Crippen molar-refractivity contribution in [1.82, 2.24) is 0 Å². The molecule has 0 aliphatic carbocycles. The van der Waals surface area contributed by atoms with E-state index >= 15 is 0 Å². The van der Waals surface area contributed by atoms with E-state index in [1.165, 1.54) is 0 Å². The monoisotopic (exact) mass is 686 g/mol. The fraction of sp³-hybridized carbons (Fsp3) is 0.778. The van der Waals surface area contributed by atoms with Crippen LogP contribution in [0.2, 0.25) is 0 Å². The Bertz CT molecular complexity index is 1100. The Labute approximate surface area is 260 Å². The van der Waals surface area contributed by atoms with Crippen molar-refractivity contribution in [3.8, 4) is 5.75 Å². The van der Waals surface area contributed by atoms with Gasteiger partial charge in [-0.1, -0.05) is 66.7 Å². The number of para-hydroxylation sites is 1. The van der Waals surface area contributed by atoms with Gasteiger partial charge in [-0.05, 0) is 57.1 Å². The summed E-state index contributed by atoms with van der Waals surface area (Å²) in [4.78, 5) is 0. The van der Waals surface area contributed by atoms with Gasteiger partial charge in [-0.15, -0.1) is 18.1 Å². The summed E-state index contributed by atoms with van der Waals surface area (Å²) in [5.41, 5.74) is 0. The number of hydrogen-bond acceptors (Lipinski definition) is 12. The predicted octanol–water partition coefficient (Wildman–Crippen LogP) is 11.8. The Morgan fingerprint density at radius 1 is 0.395 bits per heavy atom. The van der Waals surface area contributed by atoms with Crippen LogP contribution in [0.5, 0.6) is 5.75 Å². The van der Waals surface area contributed by atoms with Crippen molar-refractivity contribution in [2.45, 2.75) is 93.4 Å². The third kappa shape index (κ3) is 12.8. The average Bonchev–Trinajstić information content (AvgIpc) is 3.01. The zero-order valence-corrected chi connectivity index (χ0v) is 30.7. The van der Waals surface area contributed by atoms with Crippen LogP contribution in [0.1, 0.15) is 93.4 Å². The van der Waals surface area contributed by atoms with Gasteiger partial charge >= 0.3 is 30.6 Å². The lowest BCUT2D eigenvalue weighted by Gasteiger charge is -2.33. The number of rotatable bonds is 23. The second-order valence-electron chi connectivity index (χ2n) is 9.56. The van der Waals surface area contributed by atoms with Gasteiger partial charge in [0.1, 0.15) is 5.75 Å². The first-order valence-corrected chi connectivity index (χ1v) is 21.8. The molecule has 16 heteroatoms. The summed E-state index contributed by atoms with van der Waals surface area (Å²) in [6.45, 7) is 16.5. The minimum absolute atomic E-state index is 0.315. The van der Waals surface area contributed by atoms with Crippen LogP contribution >= 0.6 is 30.6 Å². The van der Waals surface area contributed by atoms with Crippen LogP contribution in [0.3, 0.4) is 0 Å². The van der Waals surface area contributed by atoms with E-state index in [4.69, 9.17) is 54.3 Å². The molecule has 1 unspecified atom stereocenters. The highest BCUT2D eigenvalue weighted by Gasteiger charge is 2.44. The molecule has 43 heavy (non-hydrogen) atoms. The smallest absolute Gasteiger partial charge is 0.402 e. The summed E-state index contributed by atoms with van der Waals surface area (Å²) < 4.78 is 72.8. The van der Waals surface area contributed by atoms with E-state index < -0.39 is 30.6 Å². The molecule has 0 spiro atoms. The Kier molecular flexibility index (Phi) is 18.7. The predicted molar refractivity (Wildman–Crippen MR) is 178 cm³/mol. The maximum Gasteiger partial charge on any atom is 0.402 e. The quantitative estimate of drug-likeness (QED) is 0.104. The van der Waals surface area contributed by atoms with Crippen LogP contribution in [-0.4, -0.2) is 46.2 Å². The van der Waals surface area contributed by atoms with Crippen LogP contribution < -0.4 is 4.52 Å². The molecule has 250 valence electrons. The summed E-state index contributed by atoms with van der Waals surface area (Å²) in [6.07, 6.45) is 4.99. The van der Waals surface area contributed by atoms with Gasteiger partial charge in [0, 0.05) is 0 Å². The molecule has 0 saturated heterocycles. The highest BCUT2D eigenvalue weighted by Crippen LogP contribution is 2.80. The van der Waals surface area contributed by atoms with Crippen molar-refractivity contribution in [3.05, 3.63) is 30.3 Å². The van der Waals surface area contributed by atoms with E-state index in [2.05, 4.69) is 0 Å². The molecule has 0 saturated carbocycles. The lowest BCUT2D eigenvalue weighted by Crippen LogP contribution is -2.07. The minimum atomic E-state index is -3.64. The van der Waals surface area contributed by atoms with Crippen molar-refractivity contribution in [2.75, 3.05) is 46.2 Å².